The number of unbranched alkanes of at least 4 members (excludes halogenated alkanes) is 6. The average molecular weight is 534 g/mol. The van der Waals surface area contributed by atoms with E-state index in [9.17, 15) is 13.8 Å². The van der Waals surface area contributed by atoms with Crippen LogP contribution in [0.3, 0.4) is 0 Å². The maximum absolute atomic E-state index is 15.0. The van der Waals surface area contributed by atoms with Crippen LogP contribution in [0.25, 0.3) is 0 Å². The van der Waals surface area contributed by atoms with Gasteiger partial charge in [-0.05, 0) is 12.5 Å². The molecule has 0 aliphatic rings. The molecular weight excluding hydrogens is 504 g/mol. The first-order valence-electron chi connectivity index (χ1n) is 11.6. The third-order valence-electron chi connectivity index (χ3n) is 5.47. The molecule has 2 aromatic heterocycles. The number of nitrogens with zero attached hydrogens (tertiary/aromatic N) is 6. The summed E-state index contributed by atoms with van der Waals surface area (Å²) < 4.78 is 54.9. The molecule has 14 heteroatoms. The molecule has 3 rings (SSSR count). The Morgan fingerprint density at radius 1 is 0.972 bits per heavy atom. The van der Waals surface area contributed by atoms with Crippen LogP contribution in [0.1, 0.15) is 57.4 Å². The van der Waals surface area contributed by atoms with E-state index >= 15 is 4.39 Å². The van der Waals surface area contributed by atoms with Gasteiger partial charge in [-0.1, -0.05) is 51.5 Å². The summed E-state index contributed by atoms with van der Waals surface area (Å²) in [5, 5.41) is 8.00. The number of aromatic nitrogens is 6. The van der Waals surface area contributed by atoms with E-state index < -0.39 is 25.1 Å². The van der Waals surface area contributed by atoms with Crippen molar-refractivity contribution in [2.75, 3.05) is 6.61 Å². The van der Waals surface area contributed by atoms with Crippen molar-refractivity contribution in [1.82, 2.24) is 29.5 Å². The minimum Gasteiger partial charge on any atom is -0.756 e. The first-order valence-corrected chi connectivity index (χ1v) is 13.1. The normalized spacial score (nSPS) is 13.3. The Morgan fingerprint density at radius 2 is 1.56 bits per heavy atom. The fourth-order valence-corrected chi connectivity index (χ4v) is 4.86. The van der Waals surface area contributed by atoms with E-state index in [4.69, 9.17) is 9.05 Å². The molecule has 2 heterocycles. The second-order valence-corrected chi connectivity index (χ2v) is 9.63. The Labute approximate surface area is 231 Å². The van der Waals surface area contributed by atoms with Gasteiger partial charge in [0, 0.05) is 11.6 Å². The van der Waals surface area contributed by atoms with Gasteiger partial charge in [0.05, 0.1) is 19.7 Å². The predicted octanol–water partition coefficient (Wildman–Crippen LogP) is 1.000. The van der Waals surface area contributed by atoms with Gasteiger partial charge in [0.25, 0.3) is 7.82 Å². The molecule has 0 radical (unpaired) electrons. The number of rotatable bonds is 16. The van der Waals surface area contributed by atoms with Crippen LogP contribution in [0.2, 0.25) is 0 Å². The van der Waals surface area contributed by atoms with Crippen LogP contribution in [0.5, 0.6) is 0 Å². The Balaban J connectivity index is 0.00000456. The van der Waals surface area contributed by atoms with Gasteiger partial charge in [0.2, 0.25) is 0 Å². The monoisotopic (exact) mass is 534 g/mol. The molecule has 10 nitrogen and oxygen atoms in total. The molecular formula is C22H30F2N6NaO4P. The molecule has 1 aromatic carbocycles. The van der Waals surface area contributed by atoms with Gasteiger partial charge < -0.3 is 13.9 Å². The van der Waals surface area contributed by atoms with Crippen LogP contribution in [0.15, 0.2) is 43.5 Å². The van der Waals surface area contributed by atoms with Gasteiger partial charge >= 0.3 is 29.6 Å². The molecule has 0 fully saturated rings. The average Bonchev–Trinajstić information content (AvgIpc) is 3.49. The number of hydrogen-bond donors (Lipinski definition) is 0. The maximum atomic E-state index is 15.0. The maximum Gasteiger partial charge on any atom is 1.00 e. The molecule has 0 aliphatic carbocycles. The Kier molecular flexibility index (Phi) is 12.8. The van der Waals surface area contributed by atoms with E-state index in [1.54, 1.807) is 0 Å². The van der Waals surface area contributed by atoms with Crippen LogP contribution >= 0.6 is 7.82 Å². The van der Waals surface area contributed by atoms with Crippen molar-refractivity contribution in [3.05, 3.63) is 60.7 Å². The van der Waals surface area contributed by atoms with E-state index in [0.717, 1.165) is 44.2 Å². The van der Waals surface area contributed by atoms with Crippen LogP contribution in [-0.2, 0) is 32.3 Å². The first-order chi connectivity index (χ1) is 16.8. The number of hydrogen-bond acceptors (Lipinski definition) is 8. The van der Waals surface area contributed by atoms with E-state index in [2.05, 4.69) is 27.1 Å². The molecule has 3 aromatic rings. The van der Waals surface area contributed by atoms with Crippen LogP contribution in [-0.4, -0.2) is 36.1 Å². The summed E-state index contributed by atoms with van der Waals surface area (Å²) in [4.78, 5) is 20.6. The number of phosphoric ester groups is 1. The van der Waals surface area contributed by atoms with E-state index in [1.807, 2.05) is 0 Å². The molecule has 0 amide bonds. The zero-order valence-electron chi connectivity index (χ0n) is 20.6. The van der Waals surface area contributed by atoms with Crippen molar-refractivity contribution in [2.24, 2.45) is 0 Å². The van der Waals surface area contributed by atoms with Crippen molar-refractivity contribution in [3.8, 4) is 0 Å². The SMILES string of the molecule is CCCCCCCCCOP(=O)([O-])OC(Cn1cncn1)(Cn1cncn1)c1ccc(F)cc1F.[Na+]. The third-order valence-corrected chi connectivity index (χ3v) is 6.55. The van der Waals surface area contributed by atoms with Crippen molar-refractivity contribution >= 4 is 7.82 Å². The van der Waals surface area contributed by atoms with Crippen LogP contribution in [0, 0.1) is 11.6 Å². The van der Waals surface area contributed by atoms with Gasteiger partial charge in [-0.2, -0.15) is 10.2 Å². The Morgan fingerprint density at radius 3 is 2.08 bits per heavy atom. The van der Waals surface area contributed by atoms with Crippen molar-refractivity contribution < 1.29 is 56.8 Å². The van der Waals surface area contributed by atoms with Gasteiger partial charge in [-0.3, -0.25) is 4.57 Å². The second-order valence-electron chi connectivity index (χ2n) is 8.30. The number of benzene rings is 1. The standard InChI is InChI=1S/C22H31F2N6O4P.Na/c1-2-3-4-5-6-7-8-11-33-35(31,32)34-22(13-29-17-25-15-27-29,14-30-18-26-16-28-30)20-10-9-19(23)12-21(20)24;/h9-10,12,15-18H,2-8,11,13-14H2,1H3,(H,31,32);/q;+1/p-1. The van der Waals surface area contributed by atoms with Gasteiger partial charge in [0.1, 0.15) is 42.5 Å². The molecule has 0 saturated heterocycles. The molecule has 0 bridgehead atoms. The van der Waals surface area contributed by atoms with Crippen molar-refractivity contribution in [3.63, 3.8) is 0 Å². The van der Waals surface area contributed by atoms with E-state index in [0.29, 0.717) is 12.5 Å². The summed E-state index contributed by atoms with van der Waals surface area (Å²) in [6.07, 6.45) is 12.1. The van der Waals surface area contributed by atoms with Gasteiger partial charge in [-0.25, -0.2) is 28.1 Å². The molecule has 192 valence electrons. The van der Waals surface area contributed by atoms with Crippen LogP contribution < -0.4 is 34.5 Å². The Hall–Kier alpha value is -1.53. The molecule has 1 unspecified atom stereocenters. The summed E-state index contributed by atoms with van der Waals surface area (Å²) in [6, 6.07) is 2.81. The van der Waals surface area contributed by atoms with E-state index in [-0.39, 0.29) is 54.8 Å². The molecule has 0 saturated carbocycles. The molecule has 0 aliphatic heterocycles. The molecule has 0 spiro atoms. The fourth-order valence-electron chi connectivity index (χ4n) is 3.81. The summed E-state index contributed by atoms with van der Waals surface area (Å²) >= 11 is 0. The minimum atomic E-state index is -4.95. The molecule has 36 heavy (non-hydrogen) atoms. The summed E-state index contributed by atoms with van der Waals surface area (Å²) in [6.45, 7) is 1.53. The number of phosphoric acid groups is 1. The smallest absolute Gasteiger partial charge is 0.756 e. The fraction of sp³-hybridized carbons (Fsp3) is 0.545. The number of halogens is 2. The second kappa shape index (κ2) is 15.0. The largest absolute Gasteiger partial charge is 1.00 e. The minimum absolute atomic E-state index is 0. The predicted molar refractivity (Wildman–Crippen MR) is 121 cm³/mol. The van der Waals surface area contributed by atoms with Crippen LogP contribution in [0.4, 0.5) is 8.78 Å². The molecule has 0 N–H and O–H groups in total. The van der Waals surface area contributed by atoms with E-state index in [1.165, 1.54) is 41.1 Å². The quantitative estimate of drug-likeness (QED) is 0.152. The third kappa shape index (κ3) is 9.41. The summed E-state index contributed by atoms with van der Waals surface area (Å²) in [5.41, 5.74) is -2.13. The Bertz CT molecular complexity index is 1040. The molecule has 1 atom stereocenters. The zero-order chi connectivity index (χ0) is 25.2. The van der Waals surface area contributed by atoms with Crippen molar-refractivity contribution in [2.45, 2.75) is 70.6 Å². The van der Waals surface area contributed by atoms with Crippen molar-refractivity contribution in [1.29, 1.82) is 0 Å². The van der Waals surface area contributed by atoms with Gasteiger partial charge in [0.15, 0.2) is 0 Å². The topological polar surface area (TPSA) is 120 Å². The first kappa shape index (κ1) is 30.7. The van der Waals surface area contributed by atoms with Gasteiger partial charge in [-0.15, -0.1) is 0 Å². The zero-order valence-corrected chi connectivity index (χ0v) is 23.5. The summed E-state index contributed by atoms with van der Waals surface area (Å²) in [7, 11) is -4.95. The summed E-state index contributed by atoms with van der Waals surface area (Å²) in [5.74, 6) is -1.81.